The van der Waals surface area contributed by atoms with E-state index >= 15 is 0 Å². The molecule has 0 aliphatic rings. The van der Waals surface area contributed by atoms with Gasteiger partial charge in [-0.2, -0.15) is 10.2 Å². The summed E-state index contributed by atoms with van der Waals surface area (Å²) in [6, 6.07) is 18.7. The maximum atomic E-state index is 13.0. The molecule has 35 heavy (non-hydrogen) atoms. The van der Waals surface area contributed by atoms with E-state index in [0.717, 1.165) is 10.1 Å². The number of nitrogens with zero attached hydrogens (tertiary/aromatic N) is 5. The molecule has 0 radical (unpaired) electrons. The van der Waals surface area contributed by atoms with E-state index in [1.807, 2.05) is 6.07 Å². The van der Waals surface area contributed by atoms with Gasteiger partial charge in [-0.3, -0.25) is 4.57 Å². The SMILES string of the molecule is N#Cc1ccnc(Oc2ccc(Nc3nc(=O)n(CCO)c(=O)n3Cc3ccc(Cl)cc3)cc2)c1. The molecule has 2 aromatic heterocycles. The first-order valence-corrected chi connectivity index (χ1v) is 10.8. The number of hydrogen-bond donors (Lipinski definition) is 2. The van der Waals surface area contributed by atoms with Crippen molar-refractivity contribution in [2.75, 3.05) is 11.9 Å². The highest BCUT2D eigenvalue weighted by atomic mass is 35.5. The van der Waals surface area contributed by atoms with Gasteiger partial charge in [0.2, 0.25) is 11.8 Å². The molecule has 10 nitrogen and oxygen atoms in total. The molecule has 0 bridgehead atoms. The Hall–Kier alpha value is -4.46. The molecular weight excluding hydrogens is 472 g/mol. The molecule has 11 heteroatoms. The van der Waals surface area contributed by atoms with Crippen LogP contribution in [0.25, 0.3) is 0 Å². The Morgan fingerprint density at radius 2 is 1.80 bits per heavy atom. The molecule has 4 aromatic rings. The summed E-state index contributed by atoms with van der Waals surface area (Å²) in [5.41, 5.74) is 0.356. The summed E-state index contributed by atoms with van der Waals surface area (Å²) in [5.74, 6) is 0.792. The van der Waals surface area contributed by atoms with Gasteiger partial charge in [0.05, 0.1) is 31.3 Å². The fraction of sp³-hybridized carbons (Fsp3) is 0.125. The molecule has 0 amide bonds. The zero-order valence-electron chi connectivity index (χ0n) is 18.3. The number of benzene rings is 2. The lowest BCUT2D eigenvalue weighted by atomic mass is 10.2. The number of aliphatic hydroxyl groups excluding tert-OH is 1. The molecule has 2 N–H and O–H groups in total. The second-order valence-corrected chi connectivity index (χ2v) is 7.77. The first-order chi connectivity index (χ1) is 17.0. The lowest BCUT2D eigenvalue weighted by Crippen LogP contribution is -2.43. The average molecular weight is 491 g/mol. The zero-order valence-corrected chi connectivity index (χ0v) is 19.0. The molecule has 176 valence electrons. The zero-order chi connectivity index (χ0) is 24.8. The van der Waals surface area contributed by atoms with Crippen molar-refractivity contribution in [3.05, 3.63) is 104 Å². The lowest BCUT2D eigenvalue weighted by molar-refractivity contribution is 0.268. The minimum atomic E-state index is -0.776. The summed E-state index contributed by atoms with van der Waals surface area (Å²) >= 11 is 5.96. The number of ether oxygens (including phenoxy) is 1. The Morgan fingerprint density at radius 1 is 1.06 bits per heavy atom. The van der Waals surface area contributed by atoms with Crippen LogP contribution in [0, 0.1) is 11.3 Å². The predicted molar refractivity (Wildman–Crippen MR) is 129 cm³/mol. The molecule has 0 saturated heterocycles. The van der Waals surface area contributed by atoms with E-state index in [1.165, 1.54) is 16.8 Å². The van der Waals surface area contributed by atoms with Crippen LogP contribution in [-0.2, 0) is 13.1 Å². The summed E-state index contributed by atoms with van der Waals surface area (Å²) in [6.45, 7) is -0.421. The van der Waals surface area contributed by atoms with Crippen molar-refractivity contribution in [2.45, 2.75) is 13.1 Å². The average Bonchev–Trinajstić information content (AvgIpc) is 2.86. The third-order valence-corrected chi connectivity index (χ3v) is 5.18. The monoisotopic (exact) mass is 490 g/mol. The number of rotatable bonds is 8. The van der Waals surface area contributed by atoms with Gasteiger partial charge in [0, 0.05) is 23.0 Å². The number of nitriles is 1. The Labute approximate surface area is 204 Å². The van der Waals surface area contributed by atoms with Crippen molar-refractivity contribution in [2.24, 2.45) is 0 Å². The van der Waals surface area contributed by atoms with Gasteiger partial charge in [-0.1, -0.05) is 23.7 Å². The first-order valence-electron chi connectivity index (χ1n) is 10.4. The topological polar surface area (TPSA) is 135 Å². The number of aromatic nitrogens is 4. The predicted octanol–water partition coefficient (Wildman–Crippen LogP) is 2.90. The highest BCUT2D eigenvalue weighted by Crippen LogP contribution is 2.23. The third kappa shape index (κ3) is 5.73. The standard InChI is InChI=1S/C24H19ClN6O4/c25-18-3-1-16(2-4-18)15-31-22(29-23(33)30(11-12-32)24(31)34)28-19-5-7-20(8-6-19)35-21-13-17(14-26)9-10-27-21/h1-10,13,32H,11-12,15H2,(H,28,29,33). The van der Waals surface area contributed by atoms with E-state index in [4.69, 9.17) is 21.6 Å². The normalized spacial score (nSPS) is 10.5. The Bertz CT molecular complexity index is 1490. The van der Waals surface area contributed by atoms with Gasteiger partial charge in [0.15, 0.2) is 0 Å². The van der Waals surface area contributed by atoms with Crippen molar-refractivity contribution < 1.29 is 9.84 Å². The lowest BCUT2D eigenvalue weighted by Gasteiger charge is -2.15. The summed E-state index contributed by atoms with van der Waals surface area (Å²) < 4.78 is 7.85. The van der Waals surface area contributed by atoms with Crippen LogP contribution in [0.15, 0.2) is 76.4 Å². The maximum absolute atomic E-state index is 13.0. The van der Waals surface area contributed by atoms with E-state index in [0.29, 0.717) is 22.0 Å². The van der Waals surface area contributed by atoms with Crippen LogP contribution < -0.4 is 21.4 Å². The Morgan fingerprint density at radius 3 is 2.49 bits per heavy atom. The van der Waals surface area contributed by atoms with Gasteiger partial charge >= 0.3 is 11.4 Å². The van der Waals surface area contributed by atoms with Gasteiger partial charge < -0.3 is 15.2 Å². The molecule has 0 aliphatic carbocycles. The number of anilines is 2. The number of pyridine rings is 1. The second-order valence-electron chi connectivity index (χ2n) is 7.33. The van der Waals surface area contributed by atoms with E-state index in [-0.39, 0.29) is 31.5 Å². The van der Waals surface area contributed by atoms with E-state index < -0.39 is 11.4 Å². The smallest absolute Gasteiger partial charge is 0.355 e. The number of halogens is 1. The number of hydrogen-bond acceptors (Lipinski definition) is 8. The van der Waals surface area contributed by atoms with Gasteiger partial charge in [-0.25, -0.2) is 19.1 Å². The van der Waals surface area contributed by atoms with Crippen molar-refractivity contribution in [3.8, 4) is 17.7 Å². The van der Waals surface area contributed by atoms with Gasteiger partial charge in [0.25, 0.3) is 0 Å². The Kier molecular flexibility index (Phi) is 7.21. The molecule has 0 spiro atoms. The van der Waals surface area contributed by atoms with Gasteiger partial charge in [-0.05, 0) is 48.0 Å². The summed E-state index contributed by atoms with van der Waals surface area (Å²) in [4.78, 5) is 33.5. The van der Waals surface area contributed by atoms with Crippen LogP contribution in [0.1, 0.15) is 11.1 Å². The molecule has 0 aliphatic heterocycles. The molecule has 0 unspecified atom stereocenters. The molecule has 0 fully saturated rings. The maximum Gasteiger partial charge on any atom is 0.355 e. The second kappa shape index (κ2) is 10.6. The van der Waals surface area contributed by atoms with Crippen LogP contribution in [0.2, 0.25) is 5.02 Å². The highest BCUT2D eigenvalue weighted by Gasteiger charge is 2.14. The minimum absolute atomic E-state index is 0.0428. The Balaban J connectivity index is 1.62. The fourth-order valence-electron chi connectivity index (χ4n) is 3.22. The summed E-state index contributed by atoms with van der Waals surface area (Å²) in [6.07, 6.45) is 1.48. The van der Waals surface area contributed by atoms with Crippen LogP contribution in [0.3, 0.4) is 0 Å². The third-order valence-electron chi connectivity index (χ3n) is 4.92. The quantitative estimate of drug-likeness (QED) is 0.385. The summed E-state index contributed by atoms with van der Waals surface area (Å²) in [5, 5.41) is 21.8. The molecular formula is C24H19ClN6O4. The van der Waals surface area contributed by atoms with Crippen molar-refractivity contribution >= 4 is 23.2 Å². The molecule has 0 saturated carbocycles. The number of nitrogens with one attached hydrogen (secondary N) is 1. The molecule has 0 atom stereocenters. The van der Waals surface area contributed by atoms with Crippen LogP contribution >= 0.6 is 11.6 Å². The molecule has 2 aromatic carbocycles. The van der Waals surface area contributed by atoms with E-state index in [2.05, 4.69) is 15.3 Å². The minimum Gasteiger partial charge on any atom is -0.439 e. The number of aliphatic hydroxyl groups is 1. The van der Waals surface area contributed by atoms with Gasteiger partial charge in [-0.15, -0.1) is 0 Å². The van der Waals surface area contributed by atoms with Crippen molar-refractivity contribution in [1.82, 2.24) is 19.1 Å². The molecule has 2 heterocycles. The van der Waals surface area contributed by atoms with E-state index in [9.17, 15) is 14.7 Å². The van der Waals surface area contributed by atoms with Crippen LogP contribution in [-0.4, -0.2) is 30.8 Å². The van der Waals surface area contributed by atoms with Crippen LogP contribution in [0.5, 0.6) is 11.6 Å². The molecule has 4 rings (SSSR count). The van der Waals surface area contributed by atoms with Gasteiger partial charge in [0.1, 0.15) is 5.75 Å². The van der Waals surface area contributed by atoms with Crippen molar-refractivity contribution in [1.29, 1.82) is 5.26 Å². The first kappa shape index (κ1) is 23.7. The van der Waals surface area contributed by atoms with E-state index in [1.54, 1.807) is 54.6 Å². The van der Waals surface area contributed by atoms with Crippen molar-refractivity contribution in [3.63, 3.8) is 0 Å². The summed E-state index contributed by atoms with van der Waals surface area (Å²) in [7, 11) is 0. The van der Waals surface area contributed by atoms with Crippen LogP contribution in [0.4, 0.5) is 11.6 Å². The largest absolute Gasteiger partial charge is 0.439 e. The fourth-order valence-corrected chi connectivity index (χ4v) is 3.35. The highest BCUT2D eigenvalue weighted by molar-refractivity contribution is 6.30.